The van der Waals surface area contributed by atoms with Gasteiger partial charge in [-0.3, -0.25) is 10.1 Å². The topological polar surface area (TPSA) is 69.4 Å². The average molecular weight is 297 g/mol. The van der Waals surface area contributed by atoms with E-state index in [0.717, 1.165) is 5.56 Å². The maximum Gasteiger partial charge on any atom is 0.291 e. The summed E-state index contributed by atoms with van der Waals surface area (Å²) in [7, 11) is 0. The van der Waals surface area contributed by atoms with Crippen LogP contribution in [0.4, 0.5) is 5.69 Å². The highest BCUT2D eigenvalue weighted by Crippen LogP contribution is 2.40. The summed E-state index contributed by atoms with van der Waals surface area (Å²) in [5.41, 5.74) is 1.82. The summed E-state index contributed by atoms with van der Waals surface area (Å²) in [5, 5.41) is 11.6. The highest BCUT2D eigenvalue weighted by Gasteiger charge is 2.26. The zero-order chi connectivity index (χ0) is 15.9. The van der Waals surface area contributed by atoms with E-state index in [1.54, 1.807) is 36.4 Å². The quantitative estimate of drug-likeness (QED) is 0.501. The fraction of sp³-hybridized carbons (Fsp3) is 0.176. The Balaban J connectivity index is 2.31. The number of benzene rings is 1. The summed E-state index contributed by atoms with van der Waals surface area (Å²) < 4.78 is 11.2. The first-order valence-corrected chi connectivity index (χ1v) is 6.88. The molecule has 5 heteroatoms. The maximum absolute atomic E-state index is 11.6. The van der Waals surface area contributed by atoms with Gasteiger partial charge in [-0.2, -0.15) is 0 Å². The second-order valence-corrected chi connectivity index (χ2v) is 5.29. The van der Waals surface area contributed by atoms with Crippen molar-refractivity contribution in [1.29, 1.82) is 0 Å². The fourth-order valence-corrected chi connectivity index (χ4v) is 2.51. The lowest BCUT2D eigenvalue weighted by Crippen LogP contribution is -1.96. The van der Waals surface area contributed by atoms with Crippen molar-refractivity contribution in [2.24, 2.45) is 0 Å². The number of nitrogens with zero attached hydrogens (tertiary/aromatic N) is 1. The molecule has 3 aromatic rings. The van der Waals surface area contributed by atoms with Gasteiger partial charge in [0.1, 0.15) is 23.0 Å². The Hall–Kier alpha value is -2.82. The van der Waals surface area contributed by atoms with Gasteiger partial charge in [-0.25, -0.2) is 0 Å². The van der Waals surface area contributed by atoms with Crippen LogP contribution in [0, 0.1) is 30.9 Å². The number of rotatable bonds is 3. The first-order chi connectivity index (χ1) is 10.5. The van der Waals surface area contributed by atoms with Crippen LogP contribution < -0.4 is 0 Å². The maximum atomic E-state index is 11.6. The third kappa shape index (κ3) is 2.41. The highest BCUT2D eigenvalue weighted by atomic mass is 16.6. The number of furan rings is 2. The molecule has 0 saturated carbocycles. The van der Waals surface area contributed by atoms with E-state index in [-0.39, 0.29) is 10.6 Å². The van der Waals surface area contributed by atoms with Gasteiger partial charge in [-0.15, -0.1) is 0 Å². The summed E-state index contributed by atoms with van der Waals surface area (Å²) >= 11 is 0. The van der Waals surface area contributed by atoms with Crippen LogP contribution in [-0.2, 0) is 0 Å². The van der Waals surface area contributed by atoms with Gasteiger partial charge in [0.15, 0.2) is 0 Å². The van der Waals surface area contributed by atoms with Gasteiger partial charge in [-0.1, -0.05) is 0 Å². The number of hydrogen-bond donors (Lipinski definition) is 0. The molecule has 22 heavy (non-hydrogen) atoms. The number of nitro groups is 1. The fourth-order valence-electron chi connectivity index (χ4n) is 2.51. The molecular weight excluding hydrogens is 282 g/mol. The summed E-state index contributed by atoms with van der Waals surface area (Å²) in [4.78, 5) is 11.2. The summed E-state index contributed by atoms with van der Waals surface area (Å²) in [6, 6.07) is 10.6. The van der Waals surface area contributed by atoms with Crippen LogP contribution in [-0.4, -0.2) is 4.92 Å². The molecule has 0 unspecified atom stereocenters. The molecule has 0 atom stereocenters. The van der Waals surface area contributed by atoms with E-state index in [2.05, 4.69) is 0 Å². The Morgan fingerprint density at radius 2 is 1.32 bits per heavy atom. The van der Waals surface area contributed by atoms with Gasteiger partial charge in [-0.05, 0) is 62.7 Å². The second kappa shape index (κ2) is 5.18. The molecule has 0 spiro atoms. The Labute approximate surface area is 127 Å². The normalized spacial score (nSPS) is 10.9. The molecule has 5 nitrogen and oxygen atoms in total. The predicted octanol–water partition coefficient (Wildman–Crippen LogP) is 5.04. The van der Waals surface area contributed by atoms with Crippen molar-refractivity contribution in [3.05, 3.63) is 63.6 Å². The minimum absolute atomic E-state index is 0.00528. The molecule has 0 bridgehead atoms. The van der Waals surface area contributed by atoms with E-state index < -0.39 is 0 Å². The van der Waals surface area contributed by atoms with E-state index >= 15 is 0 Å². The zero-order valence-corrected chi connectivity index (χ0v) is 12.5. The largest absolute Gasteiger partial charge is 0.461 e. The standard InChI is InChI=1S/C17H15NO4/c1-10-8-13(15-6-4-11(2)21-15)17(18(19)20)14(9-10)16-7-5-12(3)22-16/h4-9H,1-3H3. The zero-order valence-electron chi connectivity index (χ0n) is 12.5. The molecule has 0 aliphatic rings. The van der Waals surface area contributed by atoms with Crippen molar-refractivity contribution in [3.63, 3.8) is 0 Å². The van der Waals surface area contributed by atoms with Crippen molar-refractivity contribution in [3.8, 4) is 22.6 Å². The Kier molecular flexibility index (Phi) is 3.33. The van der Waals surface area contributed by atoms with Crippen LogP contribution in [0.2, 0.25) is 0 Å². The highest BCUT2D eigenvalue weighted by molar-refractivity contribution is 5.83. The van der Waals surface area contributed by atoms with Crippen LogP contribution >= 0.6 is 0 Å². The summed E-state index contributed by atoms with van der Waals surface area (Å²) in [6.07, 6.45) is 0. The molecule has 0 saturated heterocycles. The monoisotopic (exact) mass is 297 g/mol. The SMILES string of the molecule is Cc1cc(-c2ccc(C)o2)c([N+](=O)[O-])c(-c2ccc(C)o2)c1. The molecule has 3 rings (SSSR count). The molecule has 0 amide bonds. The lowest BCUT2D eigenvalue weighted by Gasteiger charge is -2.07. The smallest absolute Gasteiger partial charge is 0.291 e. The van der Waals surface area contributed by atoms with Crippen molar-refractivity contribution in [2.45, 2.75) is 20.8 Å². The minimum Gasteiger partial charge on any atom is -0.461 e. The van der Waals surface area contributed by atoms with E-state index in [1.807, 2.05) is 20.8 Å². The van der Waals surface area contributed by atoms with Crippen LogP contribution in [0.1, 0.15) is 17.1 Å². The summed E-state index contributed by atoms with van der Waals surface area (Å²) in [5.74, 6) is 2.39. The minimum atomic E-state index is -0.389. The Morgan fingerprint density at radius 3 is 1.64 bits per heavy atom. The second-order valence-electron chi connectivity index (χ2n) is 5.29. The van der Waals surface area contributed by atoms with Gasteiger partial charge in [0, 0.05) is 0 Å². The predicted molar refractivity (Wildman–Crippen MR) is 82.7 cm³/mol. The van der Waals surface area contributed by atoms with E-state index in [4.69, 9.17) is 8.83 Å². The molecule has 112 valence electrons. The van der Waals surface area contributed by atoms with Crippen LogP contribution in [0.3, 0.4) is 0 Å². The first kappa shape index (κ1) is 14.1. The molecule has 0 aliphatic heterocycles. The molecule has 0 radical (unpaired) electrons. The lowest BCUT2D eigenvalue weighted by molar-refractivity contribution is -0.383. The molecule has 2 aromatic heterocycles. The third-order valence-corrected chi connectivity index (χ3v) is 3.45. The molecule has 0 N–H and O–H groups in total. The molecule has 2 heterocycles. The third-order valence-electron chi connectivity index (χ3n) is 3.45. The number of nitro benzene ring substituents is 1. The molecule has 0 aliphatic carbocycles. The van der Waals surface area contributed by atoms with E-state index in [0.29, 0.717) is 34.2 Å². The van der Waals surface area contributed by atoms with Gasteiger partial charge >= 0.3 is 0 Å². The van der Waals surface area contributed by atoms with Crippen LogP contribution in [0.25, 0.3) is 22.6 Å². The van der Waals surface area contributed by atoms with Crippen LogP contribution in [0.5, 0.6) is 0 Å². The van der Waals surface area contributed by atoms with Gasteiger partial charge in [0.25, 0.3) is 5.69 Å². The summed E-state index contributed by atoms with van der Waals surface area (Å²) in [6.45, 7) is 5.51. The van der Waals surface area contributed by atoms with Gasteiger partial charge in [0.05, 0.1) is 16.1 Å². The van der Waals surface area contributed by atoms with Crippen molar-refractivity contribution in [1.82, 2.24) is 0 Å². The van der Waals surface area contributed by atoms with E-state index in [1.165, 1.54) is 0 Å². The number of aryl methyl sites for hydroxylation is 3. The molecule has 0 fully saturated rings. The molecule has 1 aromatic carbocycles. The van der Waals surface area contributed by atoms with Gasteiger partial charge in [0.2, 0.25) is 0 Å². The first-order valence-electron chi connectivity index (χ1n) is 6.88. The lowest BCUT2D eigenvalue weighted by atomic mass is 10.00. The van der Waals surface area contributed by atoms with Crippen molar-refractivity contribution < 1.29 is 13.8 Å². The Bertz CT molecular complexity index is 796. The van der Waals surface area contributed by atoms with Crippen LogP contribution in [0.15, 0.2) is 45.2 Å². The van der Waals surface area contributed by atoms with Crippen molar-refractivity contribution >= 4 is 5.69 Å². The average Bonchev–Trinajstić information content (AvgIpc) is 3.06. The molecular formula is C17H15NO4. The van der Waals surface area contributed by atoms with Gasteiger partial charge < -0.3 is 8.83 Å². The number of hydrogen-bond acceptors (Lipinski definition) is 4. The Morgan fingerprint density at radius 1 is 0.864 bits per heavy atom. The van der Waals surface area contributed by atoms with Crippen molar-refractivity contribution in [2.75, 3.05) is 0 Å². The van der Waals surface area contributed by atoms with E-state index in [9.17, 15) is 10.1 Å².